The fraction of sp³-hybridized carbons (Fsp3) is 0.316. The molecule has 1 fully saturated rings. The first-order chi connectivity index (χ1) is 12.3. The number of nitrogens with zero attached hydrogens (tertiary/aromatic N) is 1. The van der Waals surface area contributed by atoms with Gasteiger partial charge in [-0.05, 0) is 68.1 Å². The van der Waals surface area contributed by atoms with Crippen molar-refractivity contribution < 1.29 is 13.2 Å². The Morgan fingerprint density at radius 3 is 2.62 bits per heavy atom. The Kier molecular flexibility index (Phi) is 5.25. The van der Waals surface area contributed by atoms with E-state index in [2.05, 4.69) is 5.32 Å². The van der Waals surface area contributed by atoms with Gasteiger partial charge in [-0.15, -0.1) is 0 Å². The van der Waals surface area contributed by atoms with Gasteiger partial charge in [0.1, 0.15) is 0 Å². The maximum absolute atomic E-state index is 12.6. The van der Waals surface area contributed by atoms with Gasteiger partial charge in [-0.3, -0.25) is 9.10 Å². The number of aryl methyl sites for hydroxylation is 1. The van der Waals surface area contributed by atoms with Crippen molar-refractivity contribution in [2.24, 2.45) is 0 Å². The van der Waals surface area contributed by atoms with Gasteiger partial charge in [0.05, 0.1) is 11.4 Å². The zero-order chi connectivity index (χ0) is 18.9. The first-order valence-electron chi connectivity index (χ1n) is 8.47. The van der Waals surface area contributed by atoms with Crippen LogP contribution in [0, 0.1) is 13.8 Å². The molecule has 7 heteroatoms. The second kappa shape index (κ2) is 7.29. The minimum atomic E-state index is -3.27. The molecule has 0 spiro atoms. The lowest BCUT2D eigenvalue weighted by Crippen LogP contribution is -2.38. The molecule has 0 bridgehead atoms. The molecule has 0 radical (unpaired) electrons. The van der Waals surface area contributed by atoms with Crippen molar-refractivity contribution in [1.29, 1.82) is 0 Å². The Bertz CT molecular complexity index is 957. The number of halogens is 1. The summed E-state index contributed by atoms with van der Waals surface area (Å²) < 4.78 is 26.0. The summed E-state index contributed by atoms with van der Waals surface area (Å²) in [6, 6.07) is 10.4. The van der Waals surface area contributed by atoms with Crippen LogP contribution in [-0.2, 0) is 10.0 Å². The molecule has 0 saturated carbocycles. The highest BCUT2D eigenvalue weighted by atomic mass is 35.5. The summed E-state index contributed by atoms with van der Waals surface area (Å²) in [4.78, 5) is 12.6. The van der Waals surface area contributed by atoms with Crippen LogP contribution < -0.4 is 9.62 Å². The minimum absolute atomic E-state index is 0.169. The van der Waals surface area contributed by atoms with Crippen LogP contribution >= 0.6 is 11.6 Å². The first-order valence-corrected chi connectivity index (χ1v) is 10.5. The molecule has 26 heavy (non-hydrogen) atoms. The highest BCUT2D eigenvalue weighted by Gasteiger charge is 2.27. The lowest BCUT2D eigenvalue weighted by Gasteiger charge is -2.29. The van der Waals surface area contributed by atoms with E-state index in [9.17, 15) is 13.2 Å². The molecule has 138 valence electrons. The van der Waals surface area contributed by atoms with E-state index >= 15 is 0 Å². The number of nitrogens with one attached hydrogen (secondary N) is 1. The van der Waals surface area contributed by atoms with Crippen LogP contribution in [0.15, 0.2) is 36.4 Å². The molecule has 0 aromatic heterocycles. The van der Waals surface area contributed by atoms with Crippen molar-refractivity contribution in [1.82, 2.24) is 0 Å². The fourth-order valence-electron chi connectivity index (χ4n) is 3.07. The largest absolute Gasteiger partial charge is 0.322 e. The van der Waals surface area contributed by atoms with Gasteiger partial charge < -0.3 is 5.32 Å². The molecular weight excluding hydrogens is 372 g/mol. The van der Waals surface area contributed by atoms with Gasteiger partial charge in [0.2, 0.25) is 10.0 Å². The zero-order valence-corrected chi connectivity index (χ0v) is 16.3. The lowest BCUT2D eigenvalue weighted by molar-refractivity contribution is 0.102. The molecular formula is C19H21ClN2O3S. The SMILES string of the molecule is Cc1cc(C(=O)Nc2cccc(Cl)c2C)ccc1N1CCCCS1(=O)=O. The van der Waals surface area contributed by atoms with Crippen LogP contribution in [0.25, 0.3) is 0 Å². The number of anilines is 2. The van der Waals surface area contributed by atoms with E-state index in [1.807, 2.05) is 13.8 Å². The van der Waals surface area contributed by atoms with Crippen LogP contribution in [0.4, 0.5) is 11.4 Å². The van der Waals surface area contributed by atoms with Crippen molar-refractivity contribution in [3.63, 3.8) is 0 Å². The third kappa shape index (κ3) is 3.71. The first kappa shape index (κ1) is 18.7. The van der Waals surface area contributed by atoms with Gasteiger partial charge >= 0.3 is 0 Å². The molecule has 1 saturated heterocycles. The molecule has 2 aromatic carbocycles. The maximum atomic E-state index is 12.6. The molecule has 2 aromatic rings. The van der Waals surface area contributed by atoms with Gasteiger partial charge in [0.25, 0.3) is 5.91 Å². The van der Waals surface area contributed by atoms with Crippen molar-refractivity contribution >= 4 is 38.9 Å². The summed E-state index contributed by atoms with van der Waals surface area (Å²) in [7, 11) is -3.27. The number of amides is 1. The van der Waals surface area contributed by atoms with Crippen LogP contribution in [0.3, 0.4) is 0 Å². The highest BCUT2D eigenvalue weighted by Crippen LogP contribution is 2.28. The topological polar surface area (TPSA) is 66.5 Å². The van der Waals surface area contributed by atoms with Crippen molar-refractivity contribution in [2.45, 2.75) is 26.7 Å². The normalized spacial score (nSPS) is 16.3. The van der Waals surface area contributed by atoms with Crippen molar-refractivity contribution in [3.05, 3.63) is 58.1 Å². The van der Waals surface area contributed by atoms with E-state index < -0.39 is 10.0 Å². The number of hydrogen-bond donors (Lipinski definition) is 1. The Morgan fingerprint density at radius 2 is 1.92 bits per heavy atom. The number of rotatable bonds is 3. The lowest BCUT2D eigenvalue weighted by atomic mass is 10.1. The Labute approximate surface area is 159 Å². The summed E-state index contributed by atoms with van der Waals surface area (Å²) >= 11 is 6.09. The van der Waals surface area contributed by atoms with Crippen LogP contribution in [0.1, 0.15) is 34.3 Å². The monoisotopic (exact) mass is 392 g/mol. The predicted molar refractivity (Wildman–Crippen MR) is 106 cm³/mol. The Morgan fingerprint density at radius 1 is 1.15 bits per heavy atom. The molecule has 0 unspecified atom stereocenters. The average molecular weight is 393 g/mol. The number of benzene rings is 2. The number of hydrogen-bond acceptors (Lipinski definition) is 3. The standard InChI is InChI=1S/C19H21ClN2O3S/c1-13-12-15(19(23)21-17-7-5-6-16(20)14(17)2)8-9-18(13)22-10-3-4-11-26(22,24)25/h5-9,12H,3-4,10-11H2,1-2H3,(H,21,23). The van der Waals surface area contributed by atoms with Gasteiger partial charge in [-0.2, -0.15) is 0 Å². The number of carbonyl (C=O) groups is 1. The van der Waals surface area contributed by atoms with E-state index in [-0.39, 0.29) is 11.7 Å². The predicted octanol–water partition coefficient (Wildman–Crippen LogP) is 4.14. The molecule has 3 rings (SSSR count). The van der Waals surface area contributed by atoms with E-state index in [1.54, 1.807) is 36.4 Å². The molecule has 1 heterocycles. The van der Waals surface area contributed by atoms with E-state index in [0.717, 1.165) is 17.5 Å². The summed E-state index contributed by atoms with van der Waals surface area (Å²) in [6.45, 7) is 4.14. The Balaban J connectivity index is 1.85. The summed E-state index contributed by atoms with van der Waals surface area (Å²) in [6.07, 6.45) is 1.53. The molecule has 5 nitrogen and oxygen atoms in total. The fourth-order valence-corrected chi connectivity index (χ4v) is 4.95. The van der Waals surface area contributed by atoms with Gasteiger partial charge in [-0.1, -0.05) is 17.7 Å². The third-order valence-electron chi connectivity index (χ3n) is 4.59. The van der Waals surface area contributed by atoms with Crippen LogP contribution in [-0.4, -0.2) is 26.6 Å². The third-order valence-corrected chi connectivity index (χ3v) is 6.86. The molecule has 1 aliphatic heterocycles. The van der Waals surface area contributed by atoms with E-state index in [4.69, 9.17) is 11.6 Å². The van der Waals surface area contributed by atoms with Gasteiger partial charge in [0.15, 0.2) is 0 Å². The van der Waals surface area contributed by atoms with E-state index in [1.165, 1.54) is 4.31 Å². The van der Waals surface area contributed by atoms with Crippen molar-refractivity contribution in [2.75, 3.05) is 21.9 Å². The summed E-state index contributed by atoms with van der Waals surface area (Å²) in [5.41, 5.74) is 3.32. The van der Waals surface area contributed by atoms with Crippen molar-refractivity contribution in [3.8, 4) is 0 Å². The summed E-state index contributed by atoms with van der Waals surface area (Å²) in [5.74, 6) is -0.0885. The molecule has 1 amide bonds. The molecule has 0 atom stereocenters. The molecule has 0 aliphatic carbocycles. The second-order valence-electron chi connectivity index (χ2n) is 6.46. The maximum Gasteiger partial charge on any atom is 0.255 e. The minimum Gasteiger partial charge on any atom is -0.322 e. The van der Waals surface area contributed by atoms with E-state index in [0.29, 0.717) is 34.9 Å². The zero-order valence-electron chi connectivity index (χ0n) is 14.8. The van der Waals surface area contributed by atoms with Gasteiger partial charge in [-0.25, -0.2) is 8.42 Å². The number of carbonyl (C=O) groups excluding carboxylic acids is 1. The summed E-state index contributed by atoms with van der Waals surface area (Å²) in [5, 5.41) is 3.44. The smallest absolute Gasteiger partial charge is 0.255 e. The average Bonchev–Trinajstić information content (AvgIpc) is 2.59. The highest BCUT2D eigenvalue weighted by molar-refractivity contribution is 7.92. The Hall–Kier alpha value is -2.05. The molecule has 1 N–H and O–H groups in total. The van der Waals surface area contributed by atoms with Gasteiger partial charge in [0, 0.05) is 22.8 Å². The number of sulfonamides is 1. The molecule has 1 aliphatic rings. The van der Waals surface area contributed by atoms with Crippen LogP contribution in [0.2, 0.25) is 5.02 Å². The van der Waals surface area contributed by atoms with Crippen LogP contribution in [0.5, 0.6) is 0 Å². The second-order valence-corrected chi connectivity index (χ2v) is 8.88. The quantitative estimate of drug-likeness (QED) is 0.853.